The second-order valence-corrected chi connectivity index (χ2v) is 8.40. The highest BCUT2D eigenvalue weighted by Gasteiger charge is 2.01. The lowest BCUT2D eigenvalue weighted by atomic mass is 10.2. The summed E-state index contributed by atoms with van der Waals surface area (Å²) >= 11 is 14.2. The monoisotopic (exact) mass is 652 g/mol. The van der Waals surface area contributed by atoms with Crippen LogP contribution >= 0.6 is 34.8 Å². The SMILES string of the molecule is COc1cc(C=NCCOCCO)ccc1O.COc1cc(C=O)ccc1O.NCCOCCO.[2H]C(Cl)(Cl)Cl.[ClH2+]. The van der Waals surface area contributed by atoms with Gasteiger partial charge in [-0.3, -0.25) is 9.79 Å². The molecule has 0 bridgehead atoms. The van der Waals surface area contributed by atoms with Crippen molar-refractivity contribution in [3.05, 3.63) is 47.5 Å². The van der Waals surface area contributed by atoms with Gasteiger partial charge in [-0.1, -0.05) is 34.8 Å². The van der Waals surface area contributed by atoms with Gasteiger partial charge in [0.05, 0.1) is 74.2 Å². The van der Waals surface area contributed by atoms with E-state index in [4.69, 9.17) is 76.2 Å². The molecule has 0 atom stereocenters. The van der Waals surface area contributed by atoms with Crippen LogP contribution in [-0.4, -0.2) is 104 Å². The number of ether oxygens (including phenoxy) is 4. The maximum Gasteiger partial charge on any atom is 0.180 e. The molecule has 0 heterocycles. The van der Waals surface area contributed by atoms with Crippen molar-refractivity contribution in [2.75, 3.05) is 67.0 Å². The Balaban J connectivity index is -0.000000518. The number of hydrogen-bond acceptors (Lipinski definition) is 11. The van der Waals surface area contributed by atoms with Crippen LogP contribution in [0, 0.1) is 12.4 Å². The maximum atomic E-state index is 10.2. The number of rotatable bonds is 13. The number of carbonyl (C=O) groups is 1. The number of aliphatic hydroxyl groups is 2. The van der Waals surface area contributed by atoms with Gasteiger partial charge in [-0.05, 0) is 42.0 Å². The van der Waals surface area contributed by atoms with Crippen LogP contribution in [0.3, 0.4) is 0 Å². The van der Waals surface area contributed by atoms with E-state index < -0.39 is 4.27 Å². The minimum atomic E-state index is -1.83. The average Bonchev–Trinajstić information content (AvgIpc) is 2.92. The van der Waals surface area contributed by atoms with Crippen molar-refractivity contribution in [1.29, 1.82) is 0 Å². The smallest absolute Gasteiger partial charge is 0.180 e. The second kappa shape index (κ2) is 29.9. The summed E-state index contributed by atoms with van der Waals surface area (Å²) in [4.78, 5) is 14.4. The molecular formula is C25H39Cl4N2O9+. The van der Waals surface area contributed by atoms with Gasteiger partial charge < -0.3 is 45.1 Å². The summed E-state index contributed by atoms with van der Waals surface area (Å²) in [6.07, 6.45) is 2.38. The van der Waals surface area contributed by atoms with Gasteiger partial charge in [-0.15, -0.1) is 0 Å². The predicted octanol–water partition coefficient (Wildman–Crippen LogP) is 2.45. The van der Waals surface area contributed by atoms with Crippen molar-refractivity contribution in [2.45, 2.75) is 4.27 Å². The van der Waals surface area contributed by atoms with Crippen LogP contribution in [0.2, 0.25) is 0 Å². The van der Waals surface area contributed by atoms with Gasteiger partial charge in [0.15, 0.2) is 27.3 Å². The molecule has 0 radical (unpaired) electrons. The molecule has 0 aromatic heterocycles. The molecule has 0 saturated carbocycles. The van der Waals surface area contributed by atoms with Gasteiger partial charge in [0.2, 0.25) is 0 Å². The third-order valence-electron chi connectivity index (χ3n) is 3.88. The Bertz CT molecular complexity index is 946. The summed E-state index contributed by atoms with van der Waals surface area (Å²) in [5, 5.41) is 35.1. The first-order valence-corrected chi connectivity index (χ1v) is 12.4. The van der Waals surface area contributed by atoms with Gasteiger partial charge in [0, 0.05) is 18.3 Å². The van der Waals surface area contributed by atoms with E-state index in [1.165, 1.54) is 32.4 Å². The van der Waals surface area contributed by atoms with Crippen molar-refractivity contribution < 1.29 is 57.9 Å². The third kappa shape index (κ3) is 24.9. The van der Waals surface area contributed by atoms with Crippen LogP contribution in [0.4, 0.5) is 0 Å². The van der Waals surface area contributed by atoms with E-state index in [0.29, 0.717) is 62.9 Å². The summed E-state index contributed by atoms with van der Waals surface area (Å²) in [6, 6.07) is 9.42. The van der Waals surface area contributed by atoms with Crippen LogP contribution in [0.5, 0.6) is 23.0 Å². The molecule has 0 unspecified atom stereocenters. The first-order valence-electron chi connectivity index (χ1n) is 11.8. The maximum absolute atomic E-state index is 10.2. The number of nitrogens with zero attached hydrogens (tertiary/aromatic N) is 1. The van der Waals surface area contributed by atoms with E-state index >= 15 is 0 Å². The molecule has 15 heteroatoms. The lowest BCUT2D eigenvalue weighted by molar-refractivity contribution is -0.0000189. The first kappa shape index (κ1) is 40.1. The summed E-state index contributed by atoms with van der Waals surface area (Å²) in [5.41, 5.74) is 6.40. The third-order valence-corrected chi connectivity index (χ3v) is 3.88. The Morgan fingerprint density at radius 2 is 1.35 bits per heavy atom. The molecule has 11 nitrogen and oxygen atoms in total. The molecule has 0 aliphatic carbocycles. The molecule has 230 valence electrons. The molecule has 0 amide bonds. The van der Waals surface area contributed by atoms with Crippen molar-refractivity contribution in [2.24, 2.45) is 10.7 Å². The van der Waals surface area contributed by atoms with Gasteiger partial charge in [0.1, 0.15) is 6.29 Å². The van der Waals surface area contributed by atoms with Crippen molar-refractivity contribution in [1.82, 2.24) is 0 Å². The molecule has 6 N–H and O–H groups in total. The fraction of sp³-hybridized carbons (Fsp3) is 0.440. The van der Waals surface area contributed by atoms with Gasteiger partial charge >= 0.3 is 0 Å². The van der Waals surface area contributed by atoms with Gasteiger partial charge in [-0.2, -0.15) is 0 Å². The fourth-order valence-corrected chi connectivity index (χ4v) is 2.25. The number of benzene rings is 2. The van der Waals surface area contributed by atoms with E-state index in [2.05, 4.69) is 4.99 Å². The van der Waals surface area contributed by atoms with E-state index in [1.807, 2.05) is 0 Å². The lowest BCUT2D eigenvalue weighted by Gasteiger charge is -2.03. The molecule has 40 heavy (non-hydrogen) atoms. The number of nitrogens with two attached hydrogens (primary N) is 1. The lowest BCUT2D eigenvalue weighted by Crippen LogP contribution is -2.10. The highest BCUT2D eigenvalue weighted by Crippen LogP contribution is 2.26. The van der Waals surface area contributed by atoms with E-state index in [1.54, 1.807) is 24.4 Å². The van der Waals surface area contributed by atoms with Gasteiger partial charge in [0.25, 0.3) is 0 Å². The summed E-state index contributed by atoms with van der Waals surface area (Å²) in [7, 11) is 2.93. The zero-order valence-corrected chi connectivity index (χ0v) is 25.4. The van der Waals surface area contributed by atoms with E-state index in [9.17, 15) is 9.90 Å². The highest BCUT2D eigenvalue weighted by molar-refractivity contribution is 6.63. The fourth-order valence-electron chi connectivity index (χ4n) is 2.25. The zero-order valence-electron chi connectivity index (χ0n) is 23.2. The molecule has 0 fully saturated rings. The Labute approximate surface area is 257 Å². The van der Waals surface area contributed by atoms with Crippen molar-refractivity contribution >= 4 is 47.3 Å². The van der Waals surface area contributed by atoms with Crippen molar-refractivity contribution in [3.63, 3.8) is 0 Å². The number of aromatic hydroxyl groups is 2. The number of aliphatic hydroxyl groups excluding tert-OH is 2. The molecule has 0 spiro atoms. The number of carbonyl (C=O) groups excluding carboxylic acids is 1. The number of hydrogen-bond donors (Lipinski definition) is 5. The first-order chi connectivity index (χ1) is 19.0. The molecule has 0 aliphatic rings. The molecule has 2 aromatic carbocycles. The topological polar surface area (TPSA) is 173 Å². The van der Waals surface area contributed by atoms with Crippen LogP contribution in [0.25, 0.3) is 0 Å². The number of methoxy groups -OCH3 is 2. The normalized spacial score (nSPS) is 10.3. The minimum Gasteiger partial charge on any atom is -0.504 e. The summed E-state index contributed by atoms with van der Waals surface area (Å²) in [6.45, 7) is 2.93. The number of aliphatic imine (C=N–C) groups is 1. The Hall–Kier alpha value is -2.06. The van der Waals surface area contributed by atoms with Crippen LogP contribution < -0.4 is 15.2 Å². The average molecular weight is 654 g/mol. The van der Waals surface area contributed by atoms with Gasteiger partial charge in [-0.25, -0.2) is 0 Å². The highest BCUT2D eigenvalue weighted by atomic mass is 35.6. The number of phenolic OH excluding ortho intramolecular Hbond substituents is 2. The number of aldehydes is 1. The molecular weight excluding hydrogens is 614 g/mol. The molecule has 2 aromatic rings. The summed E-state index contributed by atoms with van der Waals surface area (Å²) in [5.74, 6) is 0.883. The molecule has 2 rings (SSSR count). The minimum absolute atomic E-state index is 0. The van der Waals surface area contributed by atoms with Crippen LogP contribution in [0.1, 0.15) is 17.3 Å². The number of halogens is 4. The number of phenols is 2. The van der Waals surface area contributed by atoms with E-state index in [0.717, 1.165) is 5.56 Å². The Morgan fingerprint density at radius 1 is 0.900 bits per heavy atom. The van der Waals surface area contributed by atoms with Crippen LogP contribution in [-0.2, 0) is 9.47 Å². The zero-order chi connectivity index (χ0) is 30.8. The summed E-state index contributed by atoms with van der Waals surface area (Å²) < 4.78 is 24.0. The molecule has 0 saturated heterocycles. The largest absolute Gasteiger partial charge is 0.504 e. The second-order valence-electron chi connectivity index (χ2n) is 6.69. The predicted molar refractivity (Wildman–Crippen MR) is 156 cm³/mol. The number of alkyl halides is 3. The quantitative estimate of drug-likeness (QED) is 0.0935. The van der Waals surface area contributed by atoms with Crippen molar-refractivity contribution in [3.8, 4) is 23.0 Å². The van der Waals surface area contributed by atoms with E-state index in [-0.39, 0.29) is 37.1 Å². The molecule has 0 aliphatic heterocycles. The standard InChI is InChI=1S/C12H17NO4.C8H8O3.C4H11NO2.CHCl3.ClH2/c1-16-12-8-10(2-3-11(12)15)9-13-4-6-17-7-5-14;1-11-8-4-6(5-9)2-3-7(8)10;5-1-3-7-4-2-6;2-1(3)4;/h2-3,8-9,14-15H,4-7H2,1H3;2-5,10H,1H3;6H,1-5H2;1H;1H2/q;;;;+1/i;;;1D;. The Morgan fingerprint density at radius 3 is 1.77 bits per heavy atom. The Kier molecular flexibility index (Phi) is 30.0. The van der Waals surface area contributed by atoms with Crippen LogP contribution in [0.15, 0.2) is 41.4 Å².